The van der Waals surface area contributed by atoms with Gasteiger partial charge in [-0.1, -0.05) is 48.5 Å². The number of nitrogens with one attached hydrogen (secondary N) is 1. The van der Waals surface area contributed by atoms with Gasteiger partial charge in [-0.2, -0.15) is 0 Å². The lowest BCUT2D eigenvalue weighted by Gasteiger charge is -2.21. The lowest BCUT2D eigenvalue weighted by Crippen LogP contribution is -2.30. The molecule has 0 radical (unpaired) electrons. The molecule has 0 aliphatic rings. The molecule has 5 nitrogen and oxygen atoms in total. The zero-order valence-corrected chi connectivity index (χ0v) is 15.0. The third-order valence-electron chi connectivity index (χ3n) is 4.17. The largest absolute Gasteiger partial charge is 0.348 e. The van der Waals surface area contributed by atoms with Gasteiger partial charge >= 0.3 is 0 Å². The number of anilines is 2. The minimum atomic E-state index is -0.110. The molecule has 132 valence electrons. The fraction of sp³-hybridized carbons (Fsp3) is 0.190. The fourth-order valence-electron chi connectivity index (χ4n) is 2.74. The van der Waals surface area contributed by atoms with Crippen molar-refractivity contribution in [3.63, 3.8) is 0 Å². The maximum Gasteiger partial charge on any atom is 0.261 e. The quantitative estimate of drug-likeness (QED) is 0.722. The average molecular weight is 346 g/mol. The predicted molar refractivity (Wildman–Crippen MR) is 104 cm³/mol. The van der Waals surface area contributed by atoms with Crippen molar-refractivity contribution in [1.29, 1.82) is 0 Å². The topological polar surface area (TPSA) is 58.1 Å². The summed E-state index contributed by atoms with van der Waals surface area (Å²) in [6.45, 7) is 4.57. The first kappa shape index (κ1) is 17.6. The van der Waals surface area contributed by atoms with Gasteiger partial charge in [0.25, 0.3) is 5.91 Å². The molecule has 2 aromatic carbocycles. The van der Waals surface area contributed by atoms with E-state index in [2.05, 4.69) is 27.4 Å². The van der Waals surface area contributed by atoms with E-state index >= 15 is 0 Å². The van der Waals surface area contributed by atoms with Gasteiger partial charge < -0.3 is 10.2 Å². The first-order valence-corrected chi connectivity index (χ1v) is 8.69. The highest BCUT2D eigenvalue weighted by Gasteiger charge is 2.17. The number of hydrogen-bond donors (Lipinski definition) is 1. The van der Waals surface area contributed by atoms with Crippen molar-refractivity contribution in [1.82, 2.24) is 9.97 Å². The van der Waals surface area contributed by atoms with Crippen molar-refractivity contribution in [2.45, 2.75) is 19.9 Å². The Bertz CT molecular complexity index is 835. The molecule has 0 saturated heterocycles. The first-order chi connectivity index (χ1) is 12.7. The van der Waals surface area contributed by atoms with Gasteiger partial charge in [-0.15, -0.1) is 0 Å². The predicted octanol–water partition coefficient (Wildman–Crippen LogP) is 4.32. The van der Waals surface area contributed by atoms with E-state index in [0.29, 0.717) is 18.1 Å². The smallest absolute Gasteiger partial charge is 0.261 e. The number of para-hydroxylation sites is 1. The maximum absolute atomic E-state index is 12.8. The van der Waals surface area contributed by atoms with Crippen LogP contribution < -0.4 is 10.2 Å². The summed E-state index contributed by atoms with van der Waals surface area (Å²) < 4.78 is 0. The van der Waals surface area contributed by atoms with Gasteiger partial charge in [-0.25, -0.2) is 9.97 Å². The number of carbonyl (C=O) groups is 1. The second-order valence-corrected chi connectivity index (χ2v) is 5.96. The summed E-state index contributed by atoms with van der Waals surface area (Å²) in [6.07, 6.45) is 3.14. The zero-order chi connectivity index (χ0) is 18.4. The molecule has 0 aliphatic heterocycles. The number of nitrogens with zero attached hydrogens (tertiary/aromatic N) is 3. The summed E-state index contributed by atoms with van der Waals surface area (Å²) in [5.41, 5.74) is 2.48. The fourth-order valence-corrected chi connectivity index (χ4v) is 2.74. The summed E-state index contributed by atoms with van der Waals surface area (Å²) in [6, 6.07) is 19.8. The zero-order valence-electron chi connectivity index (χ0n) is 15.0. The highest BCUT2D eigenvalue weighted by Crippen LogP contribution is 2.18. The van der Waals surface area contributed by atoms with Crippen LogP contribution >= 0.6 is 0 Å². The van der Waals surface area contributed by atoms with Crippen LogP contribution in [-0.4, -0.2) is 22.4 Å². The summed E-state index contributed by atoms with van der Waals surface area (Å²) in [5.74, 6) is 0.391. The van der Waals surface area contributed by atoms with Crippen LogP contribution in [0.5, 0.6) is 0 Å². The third-order valence-corrected chi connectivity index (χ3v) is 4.17. The van der Waals surface area contributed by atoms with Crippen LogP contribution in [0.1, 0.15) is 35.8 Å². The minimum Gasteiger partial charge on any atom is -0.348 e. The van der Waals surface area contributed by atoms with E-state index in [4.69, 9.17) is 0 Å². The summed E-state index contributed by atoms with van der Waals surface area (Å²) in [4.78, 5) is 23.1. The van der Waals surface area contributed by atoms with Gasteiger partial charge in [0.15, 0.2) is 0 Å². The second kappa shape index (κ2) is 8.25. The van der Waals surface area contributed by atoms with Gasteiger partial charge in [-0.3, -0.25) is 4.79 Å². The monoisotopic (exact) mass is 346 g/mol. The van der Waals surface area contributed by atoms with Crippen molar-refractivity contribution < 1.29 is 4.79 Å². The molecule has 0 bridgehead atoms. The number of amides is 1. The van der Waals surface area contributed by atoms with Gasteiger partial charge in [0.2, 0.25) is 5.95 Å². The van der Waals surface area contributed by atoms with Crippen LogP contribution in [0.3, 0.4) is 0 Å². The standard InChI is InChI=1S/C21H22N4O/c1-3-25(19-12-8-5-9-13-19)20(26)18-14-22-21(23-15-18)24-16(2)17-10-6-4-7-11-17/h4-16H,3H2,1-2H3,(H,22,23,24). The molecule has 1 aromatic heterocycles. The van der Waals surface area contributed by atoms with E-state index in [1.165, 1.54) is 0 Å². The van der Waals surface area contributed by atoms with E-state index in [1.54, 1.807) is 17.3 Å². The molecule has 3 rings (SSSR count). The van der Waals surface area contributed by atoms with E-state index in [0.717, 1.165) is 11.3 Å². The van der Waals surface area contributed by atoms with Crippen LogP contribution in [0.25, 0.3) is 0 Å². The molecule has 1 N–H and O–H groups in total. The molecule has 1 unspecified atom stereocenters. The first-order valence-electron chi connectivity index (χ1n) is 8.69. The Morgan fingerprint density at radius 3 is 2.15 bits per heavy atom. The van der Waals surface area contributed by atoms with Gasteiger partial charge in [0.1, 0.15) is 0 Å². The SMILES string of the molecule is CCN(C(=O)c1cnc(NC(C)c2ccccc2)nc1)c1ccccc1. The molecule has 5 heteroatoms. The molecule has 0 aliphatic carbocycles. The summed E-state index contributed by atoms with van der Waals surface area (Å²) >= 11 is 0. The van der Waals surface area contributed by atoms with Crippen molar-refractivity contribution in [2.24, 2.45) is 0 Å². The Kier molecular flexibility index (Phi) is 5.59. The lowest BCUT2D eigenvalue weighted by molar-refractivity contribution is 0.0987. The van der Waals surface area contributed by atoms with Gasteiger partial charge in [0.05, 0.1) is 11.6 Å². The van der Waals surface area contributed by atoms with Crippen molar-refractivity contribution in [2.75, 3.05) is 16.8 Å². The molecular weight excluding hydrogens is 324 g/mol. The molecule has 0 fully saturated rings. The van der Waals surface area contributed by atoms with Crippen molar-refractivity contribution in [3.05, 3.63) is 84.2 Å². The summed E-state index contributed by atoms with van der Waals surface area (Å²) in [5, 5.41) is 3.25. The Labute approximate surface area is 153 Å². The van der Waals surface area contributed by atoms with E-state index < -0.39 is 0 Å². The Morgan fingerprint density at radius 2 is 1.58 bits per heavy atom. The average Bonchev–Trinajstić information content (AvgIpc) is 2.70. The highest BCUT2D eigenvalue weighted by molar-refractivity contribution is 6.05. The number of carbonyl (C=O) groups excluding carboxylic acids is 1. The Balaban J connectivity index is 1.71. The molecule has 1 heterocycles. The maximum atomic E-state index is 12.8. The van der Waals surface area contributed by atoms with Crippen LogP contribution in [0.15, 0.2) is 73.1 Å². The molecule has 1 atom stereocenters. The Morgan fingerprint density at radius 1 is 1.00 bits per heavy atom. The molecule has 0 spiro atoms. The molecule has 3 aromatic rings. The highest BCUT2D eigenvalue weighted by atomic mass is 16.2. The van der Waals surface area contributed by atoms with Gasteiger partial charge in [-0.05, 0) is 31.5 Å². The van der Waals surface area contributed by atoms with Crippen LogP contribution in [0, 0.1) is 0 Å². The van der Waals surface area contributed by atoms with E-state index in [9.17, 15) is 4.79 Å². The Hall–Kier alpha value is -3.21. The lowest BCUT2D eigenvalue weighted by atomic mass is 10.1. The summed E-state index contributed by atoms with van der Waals surface area (Å²) in [7, 11) is 0. The van der Waals surface area contributed by atoms with Crippen LogP contribution in [-0.2, 0) is 0 Å². The molecule has 0 saturated carbocycles. The van der Waals surface area contributed by atoms with Crippen LogP contribution in [0.2, 0.25) is 0 Å². The van der Waals surface area contributed by atoms with Gasteiger partial charge in [0, 0.05) is 24.6 Å². The normalized spacial score (nSPS) is 11.6. The number of benzene rings is 2. The third kappa shape index (κ3) is 4.06. The number of hydrogen-bond acceptors (Lipinski definition) is 4. The number of rotatable bonds is 6. The molecule has 26 heavy (non-hydrogen) atoms. The molecule has 1 amide bonds. The van der Waals surface area contributed by atoms with E-state index in [1.807, 2.05) is 62.4 Å². The van der Waals surface area contributed by atoms with Crippen LogP contribution in [0.4, 0.5) is 11.6 Å². The van der Waals surface area contributed by atoms with E-state index in [-0.39, 0.29) is 11.9 Å². The number of aromatic nitrogens is 2. The molecular formula is C21H22N4O. The minimum absolute atomic E-state index is 0.0780. The van der Waals surface area contributed by atoms with Crippen molar-refractivity contribution in [3.8, 4) is 0 Å². The second-order valence-electron chi connectivity index (χ2n) is 5.96. The van der Waals surface area contributed by atoms with Crippen molar-refractivity contribution >= 4 is 17.5 Å².